The molecule has 0 radical (unpaired) electrons. The van der Waals surface area contributed by atoms with Gasteiger partial charge in [0.2, 0.25) is 0 Å². The number of morpholine rings is 4. The molecule has 9 aliphatic rings. The lowest BCUT2D eigenvalue weighted by Crippen LogP contribution is -2.62. The number of aliphatic hydroxyl groups excluding tert-OH is 1. The quantitative estimate of drug-likeness (QED) is 0.0206. The summed E-state index contributed by atoms with van der Waals surface area (Å²) in [6.07, 6.45) is 0.779. The van der Waals surface area contributed by atoms with Gasteiger partial charge in [0.15, 0.2) is 11.3 Å². The topological polar surface area (TPSA) is 282 Å². The van der Waals surface area contributed by atoms with Crippen molar-refractivity contribution in [3.05, 3.63) is 207 Å². The molecule has 0 aromatic heterocycles. The SMILES string of the molecule is Cc1ccc(N)cc1-c1ccc2c(c1)N1CCOCC1C(F)(CN=[N+]=[N-])C2.Cc1ccc(N)cc1B1OC(C)(C)C(C)(C)O1.Cc1ccc(S(=O)(=O)OCC2(F)Cc3ccc(Br)cc3N3CCOCC32)cc1.OCC1(F)Cc2ccc(Br)cc2N2CCOCC21.[N-]=[N+]=NCC1(F)Cc2ccc(Br)cc2N2CCOCC21. The maximum absolute atomic E-state index is 16.1. The minimum Gasteiger partial charge on any atom is -0.399 e. The highest BCUT2D eigenvalue weighted by Gasteiger charge is 2.55. The molecule has 9 aliphatic heterocycles. The molecule has 0 amide bonds. The first-order chi connectivity index (χ1) is 52.3. The molecule has 586 valence electrons. The molecule has 8 unspecified atom stereocenters. The van der Waals surface area contributed by atoms with Crippen LogP contribution in [0.25, 0.3) is 32.0 Å². The average molecular weight is 1730 g/mol. The molecule has 0 bridgehead atoms. The lowest BCUT2D eigenvalue weighted by molar-refractivity contribution is -0.0173. The van der Waals surface area contributed by atoms with Crippen molar-refractivity contribution < 1.29 is 63.5 Å². The number of halogens is 7. The Morgan fingerprint density at radius 2 is 0.909 bits per heavy atom. The van der Waals surface area contributed by atoms with Gasteiger partial charge >= 0.3 is 7.12 Å². The third kappa shape index (κ3) is 17.8. The number of rotatable bonds is 11. The van der Waals surface area contributed by atoms with E-state index < -0.39 is 70.2 Å². The number of nitrogens with zero attached hydrogens (tertiary/aromatic N) is 10. The van der Waals surface area contributed by atoms with Crippen molar-refractivity contribution in [2.45, 2.75) is 137 Å². The number of hydrogen-bond acceptors (Lipinski definition) is 18. The van der Waals surface area contributed by atoms with Crippen LogP contribution in [-0.2, 0) is 68.2 Å². The van der Waals surface area contributed by atoms with Gasteiger partial charge in [0.1, 0.15) is 17.9 Å². The number of fused-ring (bicyclic) bond motifs is 12. The van der Waals surface area contributed by atoms with Gasteiger partial charge in [-0.15, -0.1) is 0 Å². The van der Waals surface area contributed by atoms with Gasteiger partial charge in [0.05, 0.1) is 113 Å². The standard InChI is InChI=1S/C20H21BrFNO4S.C20H22FN5O.C13H20BNO2.C13H14BrFN4O.C13H15BrFNO2/c1-14-2-6-17(7-3-14)28(24,25)27-13-20(22)11-15-4-5-16(21)10-18(15)23-8-9-26-12-19(20)23;1-13-2-5-16(22)9-17(13)14-3-4-15-10-20(21,12-24-25-23)19-11-27-7-6-26(19)18(15)8-14;1-9-6-7-10(15)8-11(9)14-16-12(2,3)13(4,5)17-14;14-10-2-1-9-6-13(15,8-17-18-16)12-7-20-4-3-19(12)11(9)5-10;14-10-2-1-9-6-13(15,8-17)12-7-18-4-3-16(12)11(9)5-10/h2-7,10,19H,8-9,11-13H2,1H3;2-5,8-9,19H,6-7,10-12,22H2,1H3;6-8H,15H2,1-5H3;1-2,5,12H,3-4,6-8H2;1-2,5,12,17H,3-4,6-8H2. The highest BCUT2D eigenvalue weighted by molar-refractivity contribution is 9.11. The van der Waals surface area contributed by atoms with E-state index in [-0.39, 0.29) is 68.6 Å². The molecule has 7 aromatic carbocycles. The monoisotopic (exact) mass is 1720 g/mol. The molecular weight excluding hydrogens is 1640 g/mol. The number of anilines is 6. The first kappa shape index (κ1) is 82.3. The van der Waals surface area contributed by atoms with Gasteiger partial charge in [-0.2, -0.15) is 8.42 Å². The minimum atomic E-state index is -4.04. The van der Waals surface area contributed by atoms with Crippen LogP contribution in [0.15, 0.2) is 162 Å². The van der Waals surface area contributed by atoms with E-state index in [1.165, 1.54) is 12.1 Å². The number of azide groups is 2. The normalized spacial score (nSPS) is 25.7. The number of benzene rings is 7. The Balaban J connectivity index is 0.000000130. The van der Waals surface area contributed by atoms with Gasteiger partial charge in [-0.25, -0.2) is 17.6 Å². The van der Waals surface area contributed by atoms with E-state index in [2.05, 4.69) is 113 Å². The van der Waals surface area contributed by atoms with E-state index in [4.69, 9.17) is 55.0 Å². The highest BCUT2D eigenvalue weighted by Crippen LogP contribution is 2.47. The van der Waals surface area contributed by atoms with Crippen molar-refractivity contribution in [1.82, 2.24) is 0 Å². The number of hydrogen-bond donors (Lipinski definition) is 3. The number of ether oxygens (including phenoxy) is 4. The number of aliphatic hydroxyl groups is 1. The fraction of sp³-hybridized carbons (Fsp3) is 0.468. The maximum atomic E-state index is 16.1. The summed E-state index contributed by atoms with van der Waals surface area (Å²) in [5, 5.41) is 16.4. The van der Waals surface area contributed by atoms with Gasteiger partial charge in [0.25, 0.3) is 10.1 Å². The molecule has 110 heavy (non-hydrogen) atoms. The Kier molecular flexibility index (Phi) is 25.3. The van der Waals surface area contributed by atoms with Crippen molar-refractivity contribution >= 4 is 105 Å². The van der Waals surface area contributed by atoms with E-state index in [9.17, 15) is 17.9 Å². The van der Waals surface area contributed by atoms with Crippen molar-refractivity contribution in [3.8, 4) is 11.1 Å². The van der Waals surface area contributed by atoms with Crippen LogP contribution in [-0.4, -0.2) is 184 Å². The largest absolute Gasteiger partial charge is 0.495 e. The Labute approximate surface area is 665 Å². The van der Waals surface area contributed by atoms with Crippen molar-refractivity contribution in [3.63, 3.8) is 0 Å². The van der Waals surface area contributed by atoms with E-state index in [1.54, 1.807) is 12.1 Å². The van der Waals surface area contributed by atoms with Crippen molar-refractivity contribution in [2.24, 2.45) is 10.2 Å². The molecule has 5 saturated heterocycles. The average Bonchev–Trinajstić information content (AvgIpc) is 1.21. The molecule has 31 heteroatoms. The van der Waals surface area contributed by atoms with E-state index in [1.807, 2.05) is 132 Å². The second-order valence-electron chi connectivity index (χ2n) is 30.4. The van der Waals surface area contributed by atoms with Gasteiger partial charge in [0, 0.05) is 109 Å². The zero-order valence-corrected chi connectivity index (χ0v) is 68.1. The number of nitrogen functional groups attached to an aromatic ring is 2. The Bertz CT molecular complexity index is 4720. The minimum absolute atomic E-state index is 0.0265. The van der Waals surface area contributed by atoms with Crippen LogP contribution in [0.1, 0.15) is 66.6 Å². The van der Waals surface area contributed by atoms with E-state index >= 15 is 13.2 Å². The first-order valence-electron chi connectivity index (χ1n) is 36.6. The molecule has 9 heterocycles. The summed E-state index contributed by atoms with van der Waals surface area (Å²) in [7, 11) is -4.37. The molecule has 0 spiro atoms. The molecule has 8 atom stereocenters. The van der Waals surface area contributed by atoms with E-state index in [0.29, 0.717) is 72.4 Å². The fourth-order valence-corrected chi connectivity index (χ4v) is 17.7. The summed E-state index contributed by atoms with van der Waals surface area (Å²) in [4.78, 5) is 13.6. The summed E-state index contributed by atoms with van der Waals surface area (Å²) in [5.74, 6) is 0. The van der Waals surface area contributed by atoms with Crippen LogP contribution in [0.2, 0.25) is 0 Å². The van der Waals surface area contributed by atoms with Gasteiger partial charge < -0.3 is 64.4 Å². The smallest absolute Gasteiger partial charge is 0.399 e. The summed E-state index contributed by atoms with van der Waals surface area (Å²) in [5.41, 5.74) is 37.2. The zero-order chi connectivity index (χ0) is 78.7. The maximum Gasteiger partial charge on any atom is 0.495 e. The van der Waals surface area contributed by atoms with Gasteiger partial charge in [-0.3, -0.25) is 4.18 Å². The highest BCUT2D eigenvalue weighted by atomic mass is 79.9. The van der Waals surface area contributed by atoms with Crippen molar-refractivity contribution in [2.75, 3.05) is 136 Å². The summed E-state index contributed by atoms with van der Waals surface area (Å²) < 4.78 is 129. The molecule has 16 rings (SSSR count). The van der Waals surface area contributed by atoms with E-state index in [0.717, 1.165) is 103 Å². The predicted molar refractivity (Wildman–Crippen MR) is 432 cm³/mol. The van der Waals surface area contributed by atoms with Crippen LogP contribution < -0.4 is 36.5 Å². The molecule has 5 N–H and O–H groups in total. The molecular formula is C79H92BBr3F4N12O10S. The number of nitrogens with two attached hydrogens (primary N) is 2. The second kappa shape index (κ2) is 33.9. The molecule has 0 saturated carbocycles. The van der Waals surface area contributed by atoms with Crippen LogP contribution in [0.3, 0.4) is 0 Å². The lowest BCUT2D eigenvalue weighted by atomic mass is 9.76. The molecule has 7 aromatic rings. The Morgan fingerprint density at radius 3 is 1.35 bits per heavy atom. The lowest BCUT2D eigenvalue weighted by Gasteiger charge is -2.49. The number of alkyl halides is 4. The number of aryl methyl sites for hydroxylation is 3. The fourth-order valence-electron chi connectivity index (χ4n) is 15.7. The van der Waals surface area contributed by atoms with Gasteiger partial charge in [-0.05, 0) is 183 Å². The van der Waals surface area contributed by atoms with Crippen LogP contribution >= 0.6 is 47.8 Å². The first-order valence-corrected chi connectivity index (χ1v) is 40.4. The third-order valence-corrected chi connectivity index (χ3v) is 25.3. The Hall–Kier alpha value is -7.19. The predicted octanol–water partition coefficient (Wildman–Crippen LogP) is 14.7. The molecule has 22 nitrogen and oxygen atoms in total. The van der Waals surface area contributed by atoms with Crippen LogP contribution in [0, 0.1) is 20.8 Å². The Morgan fingerprint density at radius 1 is 0.527 bits per heavy atom. The molecule has 5 fully saturated rings. The zero-order valence-electron chi connectivity index (χ0n) is 62.5. The summed E-state index contributed by atoms with van der Waals surface area (Å²) in [6, 6.07) is 39.7. The van der Waals surface area contributed by atoms with Gasteiger partial charge in [-0.1, -0.05) is 124 Å². The molecule has 0 aliphatic carbocycles. The summed E-state index contributed by atoms with van der Waals surface area (Å²) >= 11 is 10.4. The van der Waals surface area contributed by atoms with Crippen LogP contribution in [0.4, 0.5) is 51.7 Å². The second-order valence-corrected chi connectivity index (χ2v) is 34.8. The third-order valence-electron chi connectivity index (χ3n) is 22.5. The summed E-state index contributed by atoms with van der Waals surface area (Å²) in [6.45, 7) is 18.6. The van der Waals surface area contributed by atoms with Crippen molar-refractivity contribution in [1.29, 1.82) is 0 Å². The van der Waals surface area contributed by atoms with Crippen LogP contribution in [0.5, 0.6) is 0 Å².